The molecule has 11 heteroatoms. The molecule has 1 unspecified atom stereocenters. The Morgan fingerprint density at radius 1 is 1.23 bits per heavy atom. The summed E-state index contributed by atoms with van der Waals surface area (Å²) in [4.78, 5) is 7.74. The van der Waals surface area contributed by atoms with Gasteiger partial charge in [0, 0.05) is 43.7 Å². The summed E-state index contributed by atoms with van der Waals surface area (Å²) >= 11 is 1.68. The van der Waals surface area contributed by atoms with Crippen molar-refractivity contribution in [2.75, 3.05) is 39.9 Å². The number of guanidine groups is 1. The first-order chi connectivity index (χ1) is 14.6. The first kappa shape index (κ1) is 25.7. The van der Waals surface area contributed by atoms with Crippen LogP contribution in [0.5, 0.6) is 5.75 Å². The van der Waals surface area contributed by atoms with E-state index in [1.807, 2.05) is 11.4 Å². The van der Waals surface area contributed by atoms with Gasteiger partial charge >= 0.3 is 6.61 Å². The average molecular weight is 570 g/mol. The highest BCUT2D eigenvalue weighted by Gasteiger charge is 2.23. The molecule has 1 aliphatic rings. The number of halogens is 4. The minimum Gasteiger partial charge on any atom is -0.434 e. The van der Waals surface area contributed by atoms with Crippen LogP contribution in [-0.4, -0.2) is 57.4 Å². The van der Waals surface area contributed by atoms with Gasteiger partial charge in [0.2, 0.25) is 0 Å². The number of aliphatic imine (C=N–C) groups is 1. The lowest BCUT2D eigenvalue weighted by atomic mass is 10.2. The van der Waals surface area contributed by atoms with Crippen molar-refractivity contribution in [3.05, 3.63) is 52.0 Å². The van der Waals surface area contributed by atoms with Gasteiger partial charge in [-0.3, -0.25) is 9.89 Å². The minimum absolute atomic E-state index is 0. The molecule has 31 heavy (non-hydrogen) atoms. The van der Waals surface area contributed by atoms with Crippen molar-refractivity contribution in [1.29, 1.82) is 0 Å². The molecular formula is C20H26F3IN4O2S. The van der Waals surface area contributed by atoms with Gasteiger partial charge < -0.3 is 20.1 Å². The maximum Gasteiger partial charge on any atom is 0.387 e. The Kier molecular flexibility index (Phi) is 10.8. The fourth-order valence-electron chi connectivity index (χ4n) is 3.28. The topological polar surface area (TPSA) is 58.1 Å². The molecule has 2 N–H and O–H groups in total. The molecule has 172 valence electrons. The standard InChI is InChI=1S/C20H25F3N4O2S.HI/c1-24-20(25-12-14-15(21)4-2-5-17(14)29-19(22)23)26-13-16(18-6-3-11-30-18)27-7-9-28-10-8-27;/h2-6,11,16,19H,7-10,12-13H2,1H3,(H2,24,25,26);1H. The molecule has 1 atom stereocenters. The predicted octanol–water partition coefficient (Wildman–Crippen LogP) is 3.85. The molecular weight excluding hydrogens is 544 g/mol. The molecule has 0 aliphatic carbocycles. The number of benzene rings is 1. The lowest BCUT2D eigenvalue weighted by Crippen LogP contribution is -2.46. The summed E-state index contributed by atoms with van der Waals surface area (Å²) in [5.74, 6) is -0.380. The van der Waals surface area contributed by atoms with Crippen LogP contribution < -0.4 is 15.4 Å². The maximum atomic E-state index is 14.2. The Bertz CT molecular complexity index is 821. The first-order valence-corrected chi connectivity index (χ1v) is 10.5. The van der Waals surface area contributed by atoms with Gasteiger partial charge in [0.15, 0.2) is 5.96 Å². The molecule has 1 aromatic heterocycles. The molecule has 0 spiro atoms. The summed E-state index contributed by atoms with van der Waals surface area (Å²) < 4.78 is 49.2. The van der Waals surface area contributed by atoms with Crippen molar-refractivity contribution in [1.82, 2.24) is 15.5 Å². The van der Waals surface area contributed by atoms with E-state index in [-0.39, 0.29) is 47.9 Å². The van der Waals surface area contributed by atoms with Gasteiger partial charge in [-0.15, -0.1) is 35.3 Å². The Balaban J connectivity index is 0.00000341. The van der Waals surface area contributed by atoms with Crippen LogP contribution in [-0.2, 0) is 11.3 Å². The molecule has 1 saturated heterocycles. The third kappa shape index (κ3) is 7.51. The minimum atomic E-state index is -3.02. The van der Waals surface area contributed by atoms with E-state index in [0.29, 0.717) is 25.7 Å². The van der Waals surface area contributed by atoms with E-state index in [2.05, 4.69) is 31.3 Å². The van der Waals surface area contributed by atoms with Crippen molar-refractivity contribution in [2.45, 2.75) is 19.2 Å². The van der Waals surface area contributed by atoms with Crippen molar-refractivity contribution in [3.8, 4) is 5.75 Å². The Hall–Kier alpha value is -1.57. The van der Waals surface area contributed by atoms with E-state index in [4.69, 9.17) is 4.74 Å². The average Bonchev–Trinajstić information content (AvgIpc) is 3.27. The number of morpholine rings is 1. The second-order valence-electron chi connectivity index (χ2n) is 6.58. The predicted molar refractivity (Wildman–Crippen MR) is 126 cm³/mol. The highest BCUT2D eigenvalue weighted by atomic mass is 127. The number of hydrogen-bond acceptors (Lipinski definition) is 5. The fourth-order valence-corrected chi connectivity index (χ4v) is 4.14. The molecule has 6 nitrogen and oxygen atoms in total. The zero-order chi connectivity index (χ0) is 21.3. The highest BCUT2D eigenvalue weighted by molar-refractivity contribution is 14.0. The molecule has 2 aromatic rings. The molecule has 0 amide bonds. The lowest BCUT2D eigenvalue weighted by Gasteiger charge is -2.34. The quantitative estimate of drug-likeness (QED) is 0.287. The highest BCUT2D eigenvalue weighted by Crippen LogP contribution is 2.26. The van der Waals surface area contributed by atoms with Gasteiger partial charge in [0.1, 0.15) is 11.6 Å². The number of nitrogens with one attached hydrogen (secondary N) is 2. The van der Waals surface area contributed by atoms with Crippen molar-refractivity contribution in [2.24, 2.45) is 4.99 Å². The van der Waals surface area contributed by atoms with E-state index in [9.17, 15) is 13.2 Å². The number of alkyl halides is 2. The number of nitrogens with zero attached hydrogens (tertiary/aromatic N) is 2. The lowest BCUT2D eigenvalue weighted by molar-refractivity contribution is -0.0506. The molecule has 3 rings (SSSR count). The van der Waals surface area contributed by atoms with E-state index in [0.717, 1.165) is 13.1 Å². The van der Waals surface area contributed by atoms with Crippen molar-refractivity contribution >= 4 is 41.3 Å². The molecule has 0 bridgehead atoms. The van der Waals surface area contributed by atoms with E-state index in [1.54, 1.807) is 18.4 Å². The van der Waals surface area contributed by atoms with E-state index >= 15 is 0 Å². The Morgan fingerprint density at radius 2 is 2.00 bits per heavy atom. The van der Waals surface area contributed by atoms with Gasteiger partial charge in [-0.25, -0.2) is 4.39 Å². The molecule has 2 heterocycles. The van der Waals surface area contributed by atoms with Gasteiger partial charge in [-0.05, 0) is 23.6 Å². The molecule has 0 saturated carbocycles. The molecule has 1 fully saturated rings. The Labute approximate surface area is 200 Å². The largest absolute Gasteiger partial charge is 0.434 e. The first-order valence-electron chi connectivity index (χ1n) is 9.60. The summed E-state index contributed by atoms with van der Waals surface area (Å²) in [5.41, 5.74) is 0.0173. The smallest absolute Gasteiger partial charge is 0.387 e. The number of rotatable bonds is 8. The van der Waals surface area contributed by atoms with E-state index in [1.165, 1.54) is 23.1 Å². The summed E-state index contributed by atoms with van der Waals surface area (Å²) in [5, 5.41) is 8.27. The van der Waals surface area contributed by atoms with Gasteiger partial charge in [-0.2, -0.15) is 8.78 Å². The van der Waals surface area contributed by atoms with Crippen molar-refractivity contribution in [3.63, 3.8) is 0 Å². The van der Waals surface area contributed by atoms with Gasteiger partial charge in [0.25, 0.3) is 0 Å². The molecule has 0 radical (unpaired) electrons. The summed E-state index contributed by atoms with van der Waals surface area (Å²) in [6, 6.07) is 8.10. The van der Waals surface area contributed by atoms with E-state index < -0.39 is 12.4 Å². The monoisotopic (exact) mass is 570 g/mol. The van der Waals surface area contributed by atoms with Crippen LogP contribution in [0.4, 0.5) is 13.2 Å². The van der Waals surface area contributed by atoms with Crippen LogP contribution in [0.3, 0.4) is 0 Å². The fraction of sp³-hybridized carbons (Fsp3) is 0.450. The van der Waals surface area contributed by atoms with Gasteiger partial charge in [-0.1, -0.05) is 12.1 Å². The molecule has 1 aliphatic heterocycles. The molecule has 1 aromatic carbocycles. The normalized spacial score (nSPS) is 16.0. The Morgan fingerprint density at radius 3 is 2.65 bits per heavy atom. The zero-order valence-corrected chi connectivity index (χ0v) is 20.2. The second kappa shape index (κ2) is 13.1. The summed E-state index contributed by atoms with van der Waals surface area (Å²) in [6.07, 6.45) is 0. The number of hydrogen-bond donors (Lipinski definition) is 2. The van der Waals surface area contributed by atoms with Crippen LogP contribution in [0, 0.1) is 5.82 Å². The van der Waals surface area contributed by atoms with Crippen LogP contribution in [0.1, 0.15) is 16.5 Å². The van der Waals surface area contributed by atoms with Crippen molar-refractivity contribution < 1.29 is 22.6 Å². The maximum absolute atomic E-state index is 14.2. The second-order valence-corrected chi connectivity index (χ2v) is 7.56. The third-order valence-corrected chi connectivity index (χ3v) is 5.74. The SMILES string of the molecule is CN=C(NCc1c(F)cccc1OC(F)F)NCC(c1cccs1)N1CCOCC1.I. The summed E-state index contributed by atoms with van der Waals surface area (Å²) in [6.45, 7) is 0.556. The third-order valence-electron chi connectivity index (χ3n) is 4.77. The summed E-state index contributed by atoms with van der Waals surface area (Å²) in [7, 11) is 1.60. The van der Waals surface area contributed by atoms with Crippen LogP contribution in [0.25, 0.3) is 0 Å². The van der Waals surface area contributed by atoms with Crippen LogP contribution >= 0.6 is 35.3 Å². The zero-order valence-electron chi connectivity index (χ0n) is 17.0. The van der Waals surface area contributed by atoms with Crippen LogP contribution in [0.15, 0.2) is 40.7 Å². The van der Waals surface area contributed by atoms with Crippen LogP contribution in [0.2, 0.25) is 0 Å². The number of thiophene rings is 1. The van der Waals surface area contributed by atoms with Gasteiger partial charge in [0.05, 0.1) is 19.3 Å². The number of ether oxygens (including phenoxy) is 2.